The van der Waals surface area contributed by atoms with Gasteiger partial charge in [-0.1, -0.05) is 33.6 Å². The summed E-state index contributed by atoms with van der Waals surface area (Å²) in [6.07, 6.45) is 2.46. The van der Waals surface area contributed by atoms with Gasteiger partial charge in [0.25, 0.3) is 0 Å². The molecule has 0 saturated carbocycles. The second-order valence-electron chi connectivity index (χ2n) is 4.22. The molecule has 3 unspecified atom stereocenters. The number of nitriles is 2. The van der Waals surface area contributed by atoms with Crippen LogP contribution in [0.4, 0.5) is 0 Å². The van der Waals surface area contributed by atoms with Crippen LogP contribution in [-0.2, 0) is 0 Å². The molecule has 0 N–H and O–H groups in total. The monoisotopic (exact) mass is 220 g/mol. The lowest BCUT2D eigenvalue weighted by atomic mass is 9.87. The van der Waals surface area contributed by atoms with Gasteiger partial charge >= 0.3 is 0 Å². The zero-order chi connectivity index (χ0) is 12.6. The van der Waals surface area contributed by atoms with E-state index in [1.165, 1.54) is 0 Å². The molecule has 16 heavy (non-hydrogen) atoms. The normalized spacial score (nSPS) is 18.4. The van der Waals surface area contributed by atoms with Crippen LogP contribution in [-0.4, -0.2) is 11.6 Å². The van der Waals surface area contributed by atoms with Crippen molar-refractivity contribution in [3.8, 4) is 12.1 Å². The van der Waals surface area contributed by atoms with Crippen LogP contribution in [0, 0.1) is 28.6 Å². The first kappa shape index (κ1) is 14.6. The molecule has 0 amide bonds. The Bertz CT molecular complexity index is 310. The number of nitrogens with zero attached hydrogens (tertiary/aromatic N) is 4. The predicted molar refractivity (Wildman–Crippen MR) is 62.6 cm³/mol. The van der Waals surface area contributed by atoms with E-state index in [0.717, 1.165) is 12.8 Å². The van der Waals surface area contributed by atoms with Crippen LogP contribution in [0.3, 0.4) is 0 Å². The lowest BCUT2D eigenvalue weighted by Gasteiger charge is -2.22. The minimum absolute atomic E-state index is 0.141. The Morgan fingerprint density at radius 2 is 1.94 bits per heavy atom. The van der Waals surface area contributed by atoms with E-state index in [2.05, 4.69) is 22.4 Å². The van der Waals surface area contributed by atoms with Gasteiger partial charge in [-0.25, -0.2) is 0 Å². The fourth-order valence-corrected chi connectivity index (χ4v) is 1.24. The Hall–Kier alpha value is -1.42. The summed E-state index contributed by atoms with van der Waals surface area (Å²) in [5, 5.41) is 26.0. The minimum Gasteiger partial charge on any atom is -0.196 e. The van der Waals surface area contributed by atoms with E-state index >= 15 is 0 Å². The second-order valence-corrected chi connectivity index (χ2v) is 4.22. The predicted octanol–water partition coefficient (Wildman–Crippen LogP) is 3.46. The summed E-state index contributed by atoms with van der Waals surface area (Å²) >= 11 is 0. The third-order valence-electron chi connectivity index (χ3n) is 2.91. The fourth-order valence-electron chi connectivity index (χ4n) is 1.24. The van der Waals surface area contributed by atoms with Crippen molar-refractivity contribution in [3.63, 3.8) is 0 Å². The average Bonchev–Trinajstić information content (AvgIpc) is 2.32. The fraction of sp³-hybridized carbons (Fsp3) is 0.833. The van der Waals surface area contributed by atoms with Crippen molar-refractivity contribution in [2.24, 2.45) is 16.1 Å². The molecule has 0 aliphatic carbocycles. The number of hydrogen-bond donors (Lipinski definition) is 0. The minimum atomic E-state index is -0.808. The van der Waals surface area contributed by atoms with Gasteiger partial charge in [0.1, 0.15) is 0 Å². The van der Waals surface area contributed by atoms with Crippen LogP contribution in [0.1, 0.15) is 47.0 Å². The quantitative estimate of drug-likeness (QED) is 0.643. The van der Waals surface area contributed by atoms with E-state index in [1.54, 1.807) is 6.92 Å². The van der Waals surface area contributed by atoms with E-state index < -0.39 is 11.6 Å². The summed E-state index contributed by atoms with van der Waals surface area (Å²) in [6, 6.07) is 3.85. The molecule has 0 bridgehead atoms. The summed E-state index contributed by atoms with van der Waals surface area (Å²) in [5.41, 5.74) is -0.808. The maximum absolute atomic E-state index is 9.12. The summed E-state index contributed by atoms with van der Waals surface area (Å²) in [6.45, 7) is 7.76. The first-order valence-electron chi connectivity index (χ1n) is 5.76. The highest BCUT2D eigenvalue weighted by Gasteiger charge is 2.30. The van der Waals surface area contributed by atoms with E-state index in [1.807, 2.05) is 20.8 Å². The first-order valence-corrected chi connectivity index (χ1v) is 5.76. The molecule has 0 fully saturated rings. The molecule has 4 nitrogen and oxygen atoms in total. The summed E-state index contributed by atoms with van der Waals surface area (Å²) in [4.78, 5) is 0. The highest BCUT2D eigenvalue weighted by atomic mass is 15.2. The van der Waals surface area contributed by atoms with Crippen molar-refractivity contribution >= 4 is 0 Å². The van der Waals surface area contributed by atoms with Gasteiger partial charge in [0, 0.05) is 0 Å². The zero-order valence-electron chi connectivity index (χ0n) is 10.6. The molecule has 0 aromatic carbocycles. The van der Waals surface area contributed by atoms with Crippen LogP contribution >= 0.6 is 0 Å². The Balaban J connectivity index is 4.72. The molecule has 4 heteroatoms. The topological polar surface area (TPSA) is 72.3 Å². The highest BCUT2D eigenvalue weighted by Crippen LogP contribution is 2.24. The van der Waals surface area contributed by atoms with Crippen molar-refractivity contribution in [1.82, 2.24) is 0 Å². The summed E-state index contributed by atoms with van der Waals surface area (Å²) in [5.74, 6) is 0.141. The molecule has 0 radical (unpaired) electrons. The molecule has 3 atom stereocenters. The molecule has 0 aliphatic heterocycles. The molecule has 0 aliphatic rings. The molecular weight excluding hydrogens is 200 g/mol. The molecule has 0 aromatic rings. The average molecular weight is 220 g/mol. The molecule has 88 valence electrons. The van der Waals surface area contributed by atoms with Gasteiger partial charge < -0.3 is 0 Å². The third-order valence-corrected chi connectivity index (χ3v) is 2.91. The molecular formula is C12H20N4. The molecule has 0 rings (SSSR count). The van der Waals surface area contributed by atoms with Gasteiger partial charge in [0.15, 0.2) is 11.6 Å². The number of hydrogen-bond acceptors (Lipinski definition) is 4. The van der Waals surface area contributed by atoms with E-state index in [9.17, 15) is 0 Å². The van der Waals surface area contributed by atoms with Crippen molar-refractivity contribution < 1.29 is 0 Å². The van der Waals surface area contributed by atoms with Gasteiger partial charge in [0.05, 0.1) is 12.1 Å². The van der Waals surface area contributed by atoms with Crippen LogP contribution in [0.5, 0.6) is 0 Å². The maximum atomic E-state index is 9.12. The van der Waals surface area contributed by atoms with Gasteiger partial charge in [-0.05, 0) is 19.3 Å². The lowest BCUT2D eigenvalue weighted by molar-refractivity contribution is 0.368. The van der Waals surface area contributed by atoms with Crippen LogP contribution < -0.4 is 0 Å². The van der Waals surface area contributed by atoms with Crippen LogP contribution in [0.15, 0.2) is 10.2 Å². The standard InChI is InChI=1S/C12H20N4/c1-5-7-11(8-13)15-16-12(4,9-14)10(3)6-2/h10-11H,5-7H2,1-4H3. The Labute approximate surface area is 98.0 Å². The third kappa shape index (κ3) is 3.98. The Kier molecular flexibility index (Phi) is 6.34. The van der Waals surface area contributed by atoms with E-state index in [-0.39, 0.29) is 5.92 Å². The van der Waals surface area contributed by atoms with Gasteiger partial charge in [0.2, 0.25) is 0 Å². The van der Waals surface area contributed by atoms with E-state index in [0.29, 0.717) is 6.42 Å². The summed E-state index contributed by atoms with van der Waals surface area (Å²) in [7, 11) is 0. The zero-order valence-corrected chi connectivity index (χ0v) is 10.6. The summed E-state index contributed by atoms with van der Waals surface area (Å²) < 4.78 is 0. The second kappa shape index (κ2) is 6.95. The van der Waals surface area contributed by atoms with Crippen LogP contribution in [0.2, 0.25) is 0 Å². The van der Waals surface area contributed by atoms with Crippen molar-refractivity contribution in [2.75, 3.05) is 0 Å². The van der Waals surface area contributed by atoms with Crippen molar-refractivity contribution in [1.29, 1.82) is 10.5 Å². The number of rotatable bonds is 6. The van der Waals surface area contributed by atoms with Gasteiger partial charge in [-0.2, -0.15) is 20.8 Å². The van der Waals surface area contributed by atoms with E-state index in [4.69, 9.17) is 10.5 Å². The SMILES string of the molecule is CCCC(C#N)N=NC(C)(C#N)C(C)CC. The highest BCUT2D eigenvalue weighted by molar-refractivity contribution is 5.06. The van der Waals surface area contributed by atoms with Crippen molar-refractivity contribution in [3.05, 3.63) is 0 Å². The lowest BCUT2D eigenvalue weighted by Crippen LogP contribution is -2.28. The van der Waals surface area contributed by atoms with Gasteiger partial charge in [-0.3, -0.25) is 0 Å². The van der Waals surface area contributed by atoms with Crippen LogP contribution in [0.25, 0.3) is 0 Å². The Morgan fingerprint density at radius 1 is 1.31 bits per heavy atom. The first-order chi connectivity index (χ1) is 7.53. The molecule has 0 saturated heterocycles. The number of azo groups is 1. The molecule has 0 spiro atoms. The molecule has 0 heterocycles. The smallest absolute Gasteiger partial charge is 0.167 e. The maximum Gasteiger partial charge on any atom is 0.167 e. The van der Waals surface area contributed by atoms with Crippen molar-refractivity contribution in [2.45, 2.75) is 58.5 Å². The Morgan fingerprint density at radius 3 is 2.31 bits per heavy atom. The molecule has 0 aromatic heterocycles. The van der Waals surface area contributed by atoms with Gasteiger partial charge in [-0.15, -0.1) is 0 Å². The largest absolute Gasteiger partial charge is 0.196 e.